The predicted octanol–water partition coefficient (Wildman–Crippen LogP) is 3.83. The summed E-state index contributed by atoms with van der Waals surface area (Å²) in [6, 6.07) is 16.0. The molecule has 1 heterocycles. The molecule has 2 aromatic carbocycles. The summed E-state index contributed by atoms with van der Waals surface area (Å²) in [5.41, 5.74) is 4.08. The second kappa shape index (κ2) is 9.40. The first-order valence-corrected chi connectivity index (χ1v) is 10.0. The number of likely N-dealkylation sites (tertiary alicyclic amines) is 1. The Balaban J connectivity index is 1.63. The molecule has 2 N–H and O–H groups in total. The molecule has 0 aliphatic carbocycles. The molecule has 148 valence electrons. The second-order valence-corrected chi connectivity index (χ2v) is 7.41. The van der Waals surface area contributed by atoms with Gasteiger partial charge in [-0.05, 0) is 49.9 Å². The van der Waals surface area contributed by atoms with Crippen molar-refractivity contribution in [2.75, 3.05) is 19.6 Å². The highest BCUT2D eigenvalue weighted by Gasteiger charge is 2.24. The summed E-state index contributed by atoms with van der Waals surface area (Å²) < 4.78 is 0. The highest BCUT2D eigenvalue weighted by molar-refractivity contribution is 5.94. The van der Waals surface area contributed by atoms with Gasteiger partial charge in [0, 0.05) is 37.7 Å². The third kappa shape index (κ3) is 5.12. The first-order chi connectivity index (χ1) is 13.6. The largest absolute Gasteiger partial charge is 0.348 e. The molecule has 2 aromatic rings. The number of hydrogen-bond donors (Lipinski definition) is 2. The van der Waals surface area contributed by atoms with Gasteiger partial charge in [-0.1, -0.05) is 42.0 Å². The molecule has 1 aliphatic heterocycles. The average Bonchev–Trinajstić information content (AvgIpc) is 2.73. The lowest BCUT2D eigenvalue weighted by molar-refractivity contribution is 0.0950. The fourth-order valence-corrected chi connectivity index (χ4v) is 3.62. The average molecular weight is 380 g/mol. The Morgan fingerprint density at radius 3 is 2.64 bits per heavy atom. The van der Waals surface area contributed by atoms with Crippen molar-refractivity contribution in [1.29, 1.82) is 0 Å². The number of amides is 3. The van der Waals surface area contributed by atoms with Crippen LogP contribution in [0.25, 0.3) is 0 Å². The molecule has 0 bridgehead atoms. The fraction of sp³-hybridized carbons (Fsp3) is 0.391. The van der Waals surface area contributed by atoms with Gasteiger partial charge in [-0.15, -0.1) is 0 Å². The number of benzene rings is 2. The molecule has 5 nitrogen and oxygen atoms in total. The molecular weight excluding hydrogens is 350 g/mol. The van der Waals surface area contributed by atoms with Crippen molar-refractivity contribution in [1.82, 2.24) is 15.5 Å². The van der Waals surface area contributed by atoms with E-state index in [0.717, 1.165) is 30.5 Å². The fourth-order valence-electron chi connectivity index (χ4n) is 3.62. The molecule has 1 atom stereocenters. The van der Waals surface area contributed by atoms with Crippen molar-refractivity contribution >= 4 is 11.9 Å². The Morgan fingerprint density at radius 2 is 1.89 bits per heavy atom. The number of nitrogens with one attached hydrogen (secondary N) is 2. The normalized spacial score (nSPS) is 16.5. The maximum Gasteiger partial charge on any atom is 0.317 e. The maximum absolute atomic E-state index is 12.6. The van der Waals surface area contributed by atoms with Gasteiger partial charge in [0.2, 0.25) is 0 Å². The summed E-state index contributed by atoms with van der Waals surface area (Å²) in [5, 5.41) is 5.87. The van der Waals surface area contributed by atoms with Crippen molar-refractivity contribution in [3.8, 4) is 0 Å². The van der Waals surface area contributed by atoms with E-state index >= 15 is 0 Å². The molecule has 0 spiro atoms. The van der Waals surface area contributed by atoms with Crippen LogP contribution in [0.1, 0.15) is 52.7 Å². The zero-order valence-corrected chi connectivity index (χ0v) is 16.7. The number of aryl methyl sites for hydroxylation is 1. The Hall–Kier alpha value is -2.82. The van der Waals surface area contributed by atoms with Crippen LogP contribution in [0.3, 0.4) is 0 Å². The first kappa shape index (κ1) is 19.9. The van der Waals surface area contributed by atoms with Crippen LogP contribution in [-0.2, 0) is 6.54 Å². The molecule has 0 aromatic heterocycles. The van der Waals surface area contributed by atoms with Crippen LogP contribution in [0, 0.1) is 6.92 Å². The third-order valence-electron chi connectivity index (χ3n) is 5.23. The van der Waals surface area contributed by atoms with E-state index in [1.807, 2.05) is 61.2 Å². The Kier molecular flexibility index (Phi) is 6.69. The molecular formula is C23H29N3O2. The van der Waals surface area contributed by atoms with Gasteiger partial charge in [0.15, 0.2) is 0 Å². The number of carbonyl (C=O) groups excluding carboxylic acids is 2. The lowest BCUT2D eigenvalue weighted by atomic mass is 9.89. The van der Waals surface area contributed by atoms with E-state index in [-0.39, 0.29) is 17.9 Å². The van der Waals surface area contributed by atoms with E-state index < -0.39 is 0 Å². The van der Waals surface area contributed by atoms with Gasteiger partial charge < -0.3 is 15.5 Å². The van der Waals surface area contributed by atoms with Crippen LogP contribution in [0.5, 0.6) is 0 Å². The van der Waals surface area contributed by atoms with Crippen LogP contribution in [0.4, 0.5) is 4.79 Å². The molecule has 1 fully saturated rings. The third-order valence-corrected chi connectivity index (χ3v) is 5.23. The Labute approximate surface area is 167 Å². The highest BCUT2D eigenvalue weighted by Crippen LogP contribution is 2.27. The van der Waals surface area contributed by atoms with E-state index in [4.69, 9.17) is 0 Å². The first-order valence-electron chi connectivity index (χ1n) is 10.0. The van der Waals surface area contributed by atoms with Crippen LogP contribution in [-0.4, -0.2) is 36.5 Å². The van der Waals surface area contributed by atoms with Crippen LogP contribution >= 0.6 is 0 Å². The predicted molar refractivity (Wildman–Crippen MR) is 111 cm³/mol. The number of carbonyl (C=O) groups is 2. The standard InChI is InChI=1S/C23H29N3O2/c1-3-24-23(28)26-13-5-8-21(16-26)19-6-4-7-20(14-19)22(27)25-15-18-11-9-17(2)10-12-18/h4,6-7,9-12,14,21H,3,5,8,13,15-16H2,1-2H3,(H,24,28)(H,25,27)/t21-/m1/s1. The van der Waals surface area contributed by atoms with Crippen LogP contribution < -0.4 is 10.6 Å². The quantitative estimate of drug-likeness (QED) is 0.829. The minimum atomic E-state index is -0.0705. The molecule has 3 amide bonds. The number of piperidine rings is 1. The zero-order valence-electron chi connectivity index (χ0n) is 16.7. The Bertz CT molecular complexity index is 817. The molecule has 28 heavy (non-hydrogen) atoms. The van der Waals surface area contributed by atoms with Gasteiger partial charge in [0.05, 0.1) is 0 Å². The zero-order chi connectivity index (χ0) is 19.9. The SMILES string of the molecule is CCNC(=O)N1CCC[C@@H](c2cccc(C(=O)NCc3ccc(C)cc3)c2)C1. The van der Waals surface area contributed by atoms with E-state index in [1.54, 1.807) is 0 Å². The van der Waals surface area contributed by atoms with Crippen molar-refractivity contribution in [3.63, 3.8) is 0 Å². The van der Waals surface area contributed by atoms with Gasteiger partial charge in [-0.3, -0.25) is 4.79 Å². The molecule has 0 unspecified atom stereocenters. The number of urea groups is 1. The monoisotopic (exact) mass is 379 g/mol. The summed E-state index contributed by atoms with van der Waals surface area (Å²) in [7, 11) is 0. The van der Waals surface area contributed by atoms with Gasteiger partial charge >= 0.3 is 6.03 Å². The molecule has 1 aliphatic rings. The van der Waals surface area contributed by atoms with Crippen molar-refractivity contribution < 1.29 is 9.59 Å². The summed E-state index contributed by atoms with van der Waals surface area (Å²) in [6.45, 7) is 6.61. The maximum atomic E-state index is 12.6. The van der Waals surface area contributed by atoms with Crippen LogP contribution in [0.2, 0.25) is 0 Å². The number of rotatable bonds is 5. The van der Waals surface area contributed by atoms with E-state index in [0.29, 0.717) is 25.2 Å². The van der Waals surface area contributed by atoms with E-state index in [9.17, 15) is 9.59 Å². The van der Waals surface area contributed by atoms with Crippen LogP contribution in [0.15, 0.2) is 48.5 Å². The number of hydrogen-bond acceptors (Lipinski definition) is 2. The molecule has 0 radical (unpaired) electrons. The lowest BCUT2D eigenvalue weighted by Gasteiger charge is -2.33. The summed E-state index contributed by atoms with van der Waals surface area (Å²) in [5.74, 6) is 0.194. The minimum absolute atomic E-state index is 0.000745. The minimum Gasteiger partial charge on any atom is -0.348 e. The van der Waals surface area contributed by atoms with Gasteiger partial charge in [0.1, 0.15) is 0 Å². The topological polar surface area (TPSA) is 61.4 Å². The van der Waals surface area contributed by atoms with Crippen molar-refractivity contribution in [2.24, 2.45) is 0 Å². The lowest BCUT2D eigenvalue weighted by Crippen LogP contribution is -2.44. The molecule has 3 rings (SSSR count). The van der Waals surface area contributed by atoms with Gasteiger partial charge in [0.25, 0.3) is 5.91 Å². The van der Waals surface area contributed by atoms with E-state index in [2.05, 4.69) is 16.7 Å². The summed E-state index contributed by atoms with van der Waals surface area (Å²) >= 11 is 0. The molecule has 5 heteroatoms. The molecule has 0 saturated carbocycles. The smallest absolute Gasteiger partial charge is 0.317 e. The Morgan fingerprint density at radius 1 is 1.11 bits per heavy atom. The summed E-state index contributed by atoms with van der Waals surface area (Å²) in [6.07, 6.45) is 2.01. The van der Waals surface area contributed by atoms with Gasteiger partial charge in [-0.25, -0.2) is 4.79 Å². The van der Waals surface area contributed by atoms with Gasteiger partial charge in [-0.2, -0.15) is 0 Å². The number of nitrogens with zero attached hydrogens (tertiary/aromatic N) is 1. The highest BCUT2D eigenvalue weighted by atomic mass is 16.2. The molecule has 1 saturated heterocycles. The van der Waals surface area contributed by atoms with Crippen molar-refractivity contribution in [2.45, 2.75) is 39.2 Å². The summed E-state index contributed by atoms with van der Waals surface area (Å²) in [4.78, 5) is 26.6. The second-order valence-electron chi connectivity index (χ2n) is 7.41. The van der Waals surface area contributed by atoms with Crippen molar-refractivity contribution in [3.05, 3.63) is 70.8 Å². The van der Waals surface area contributed by atoms with E-state index in [1.165, 1.54) is 5.56 Å².